The molecule has 0 bridgehead atoms. The number of nitrogens with two attached hydrogens (primary N) is 1. The summed E-state index contributed by atoms with van der Waals surface area (Å²) in [6, 6.07) is 6.76. The van der Waals surface area contributed by atoms with Gasteiger partial charge in [0, 0.05) is 12.5 Å². The van der Waals surface area contributed by atoms with Gasteiger partial charge in [0.15, 0.2) is 0 Å². The molecule has 0 heterocycles. The zero-order valence-corrected chi connectivity index (χ0v) is 17.4. The van der Waals surface area contributed by atoms with Crippen molar-refractivity contribution in [1.82, 2.24) is 5.32 Å². The number of nitrogens with one attached hydrogen (secondary N) is 1. The van der Waals surface area contributed by atoms with Gasteiger partial charge < -0.3 is 20.9 Å². The van der Waals surface area contributed by atoms with Crippen molar-refractivity contribution in [3.63, 3.8) is 0 Å². The summed E-state index contributed by atoms with van der Waals surface area (Å²) in [5.74, 6) is 0.545. The third-order valence-electron chi connectivity index (χ3n) is 4.97. The van der Waals surface area contributed by atoms with E-state index in [1.807, 2.05) is 12.1 Å². The van der Waals surface area contributed by atoms with E-state index >= 15 is 0 Å². The van der Waals surface area contributed by atoms with Crippen molar-refractivity contribution < 1.29 is 14.6 Å². The van der Waals surface area contributed by atoms with Crippen LogP contribution in [0.15, 0.2) is 24.3 Å². The van der Waals surface area contributed by atoms with Crippen LogP contribution in [0.2, 0.25) is 0 Å². The fourth-order valence-corrected chi connectivity index (χ4v) is 3.98. The number of amides is 1. The van der Waals surface area contributed by atoms with Crippen molar-refractivity contribution in [2.45, 2.75) is 75.8 Å². The average Bonchev–Trinajstić information content (AvgIpc) is 2.59. The molecule has 6 heteroatoms. The number of carbonyl (C=O) groups is 1. The molecule has 2 unspecified atom stereocenters. The first-order chi connectivity index (χ1) is 12.8. The van der Waals surface area contributed by atoms with E-state index in [4.69, 9.17) is 23.1 Å². The number of hydrogen-bond acceptors (Lipinski definition) is 5. The molecule has 1 fully saturated rings. The quantitative estimate of drug-likeness (QED) is 0.382. The first-order valence-electron chi connectivity index (χ1n) is 9.97. The molecule has 1 aromatic rings. The molecule has 1 saturated carbocycles. The van der Waals surface area contributed by atoms with Gasteiger partial charge in [-0.15, -0.1) is 0 Å². The average molecular weight is 395 g/mol. The van der Waals surface area contributed by atoms with Gasteiger partial charge in [0.2, 0.25) is 0 Å². The van der Waals surface area contributed by atoms with Crippen LogP contribution in [-0.4, -0.2) is 34.6 Å². The summed E-state index contributed by atoms with van der Waals surface area (Å²) in [4.78, 5) is 12.5. The molecule has 0 saturated heterocycles. The largest absolute Gasteiger partial charge is 0.508 e. The monoisotopic (exact) mass is 394 g/mol. The summed E-state index contributed by atoms with van der Waals surface area (Å²) >= 11 is 4.73. The second-order valence-corrected chi connectivity index (χ2v) is 9.02. The standard InChI is InChI=1S/C21H34N2O3S/c1-15(2)12-17(22)14-26-19(13-16-6-8-18(24)9-7-16)20(25)23-21(27)10-4-3-5-11-21/h6-9,15,17,19,24,27H,3-5,10-14,22H2,1-2H3,(H,23,25). The minimum Gasteiger partial charge on any atom is -0.508 e. The lowest BCUT2D eigenvalue weighted by atomic mass is 9.94. The van der Waals surface area contributed by atoms with Crippen molar-refractivity contribution in [3.05, 3.63) is 29.8 Å². The molecular weight excluding hydrogens is 360 g/mol. The lowest BCUT2D eigenvalue weighted by Crippen LogP contribution is -2.50. The van der Waals surface area contributed by atoms with Crippen LogP contribution in [0, 0.1) is 5.92 Å². The minimum absolute atomic E-state index is 0.0974. The lowest BCUT2D eigenvalue weighted by molar-refractivity contribution is -0.134. The topological polar surface area (TPSA) is 84.6 Å². The van der Waals surface area contributed by atoms with Gasteiger partial charge in [-0.25, -0.2) is 0 Å². The third kappa shape index (κ3) is 7.72. The number of benzene rings is 1. The molecule has 0 aliphatic heterocycles. The van der Waals surface area contributed by atoms with Gasteiger partial charge >= 0.3 is 0 Å². The number of aromatic hydroxyl groups is 1. The molecule has 2 atom stereocenters. The fraction of sp³-hybridized carbons (Fsp3) is 0.667. The third-order valence-corrected chi connectivity index (χ3v) is 5.53. The predicted molar refractivity (Wildman–Crippen MR) is 112 cm³/mol. The minimum atomic E-state index is -0.626. The van der Waals surface area contributed by atoms with E-state index < -0.39 is 11.0 Å². The molecule has 152 valence electrons. The van der Waals surface area contributed by atoms with E-state index in [2.05, 4.69) is 19.2 Å². The second kappa shape index (κ2) is 10.3. The van der Waals surface area contributed by atoms with Crippen molar-refractivity contribution in [2.75, 3.05) is 6.61 Å². The summed E-state index contributed by atoms with van der Waals surface area (Å²) in [5, 5.41) is 12.6. The highest BCUT2D eigenvalue weighted by Crippen LogP contribution is 2.31. The maximum Gasteiger partial charge on any atom is 0.250 e. The van der Waals surface area contributed by atoms with Crippen LogP contribution in [0.5, 0.6) is 5.75 Å². The first-order valence-corrected chi connectivity index (χ1v) is 10.4. The smallest absolute Gasteiger partial charge is 0.250 e. The van der Waals surface area contributed by atoms with Crippen molar-refractivity contribution in [2.24, 2.45) is 11.7 Å². The number of hydrogen-bond donors (Lipinski definition) is 4. The van der Waals surface area contributed by atoms with Crippen molar-refractivity contribution in [3.8, 4) is 5.75 Å². The Balaban J connectivity index is 2.02. The predicted octanol–water partition coefficient (Wildman–Crippen LogP) is 3.40. The summed E-state index contributed by atoms with van der Waals surface area (Å²) in [6.45, 7) is 4.58. The van der Waals surface area contributed by atoms with Gasteiger partial charge in [-0.3, -0.25) is 4.79 Å². The summed E-state index contributed by atoms with van der Waals surface area (Å²) < 4.78 is 5.95. The zero-order valence-electron chi connectivity index (χ0n) is 16.5. The summed E-state index contributed by atoms with van der Waals surface area (Å²) in [5.41, 5.74) is 7.07. The van der Waals surface area contributed by atoms with E-state index in [0.29, 0.717) is 18.9 Å². The molecule has 0 radical (unpaired) electrons. The van der Waals surface area contributed by atoms with Crippen LogP contribution < -0.4 is 11.1 Å². The number of ether oxygens (including phenoxy) is 1. The Labute approximate surface area is 168 Å². The molecule has 2 rings (SSSR count). The highest BCUT2D eigenvalue weighted by Gasteiger charge is 2.32. The Bertz CT molecular complexity index is 586. The van der Waals surface area contributed by atoms with Crippen LogP contribution in [0.3, 0.4) is 0 Å². The molecule has 1 aliphatic carbocycles. The Morgan fingerprint density at radius 1 is 1.26 bits per heavy atom. The summed E-state index contributed by atoms with van der Waals surface area (Å²) in [6.07, 6.45) is 5.75. The van der Waals surface area contributed by atoms with Crippen LogP contribution in [0.25, 0.3) is 0 Å². The van der Waals surface area contributed by atoms with E-state index in [-0.39, 0.29) is 17.7 Å². The van der Waals surface area contributed by atoms with Crippen LogP contribution in [0.4, 0.5) is 0 Å². The number of phenols is 1. The van der Waals surface area contributed by atoms with Gasteiger partial charge in [0.05, 0.1) is 11.5 Å². The van der Waals surface area contributed by atoms with Gasteiger partial charge in [0.25, 0.3) is 5.91 Å². The summed E-state index contributed by atoms with van der Waals surface area (Å²) in [7, 11) is 0. The van der Waals surface area contributed by atoms with Crippen LogP contribution >= 0.6 is 12.6 Å². The van der Waals surface area contributed by atoms with E-state index in [0.717, 1.165) is 37.7 Å². The number of phenolic OH excluding ortho intramolecular Hbond substituents is 1. The highest BCUT2D eigenvalue weighted by atomic mass is 32.1. The first kappa shape index (κ1) is 22.1. The number of rotatable bonds is 9. The molecule has 1 aliphatic rings. The number of carbonyl (C=O) groups excluding carboxylic acids is 1. The molecule has 1 amide bonds. The Kier molecular flexibility index (Phi) is 8.45. The Morgan fingerprint density at radius 3 is 2.48 bits per heavy atom. The Hall–Kier alpha value is -1.24. The molecule has 0 aromatic heterocycles. The molecule has 0 spiro atoms. The zero-order chi connectivity index (χ0) is 19.9. The normalized spacial score (nSPS) is 18.9. The highest BCUT2D eigenvalue weighted by molar-refractivity contribution is 7.81. The van der Waals surface area contributed by atoms with Crippen LogP contribution in [-0.2, 0) is 16.0 Å². The maximum atomic E-state index is 12.9. The molecule has 1 aromatic carbocycles. The van der Waals surface area contributed by atoms with Crippen molar-refractivity contribution >= 4 is 18.5 Å². The van der Waals surface area contributed by atoms with E-state index in [9.17, 15) is 9.90 Å². The van der Waals surface area contributed by atoms with Gasteiger partial charge in [-0.1, -0.05) is 45.2 Å². The van der Waals surface area contributed by atoms with Crippen LogP contribution in [0.1, 0.15) is 57.9 Å². The molecule has 27 heavy (non-hydrogen) atoms. The number of thiol groups is 1. The van der Waals surface area contributed by atoms with Gasteiger partial charge in [-0.2, -0.15) is 12.6 Å². The van der Waals surface area contributed by atoms with E-state index in [1.54, 1.807) is 12.1 Å². The Morgan fingerprint density at radius 2 is 1.89 bits per heavy atom. The second-order valence-electron chi connectivity index (χ2n) is 8.16. The maximum absolute atomic E-state index is 12.9. The van der Waals surface area contributed by atoms with Gasteiger partial charge in [0.1, 0.15) is 11.9 Å². The van der Waals surface area contributed by atoms with Gasteiger partial charge in [-0.05, 0) is 42.9 Å². The molecule has 5 nitrogen and oxygen atoms in total. The van der Waals surface area contributed by atoms with E-state index in [1.165, 1.54) is 6.42 Å². The molecule has 4 N–H and O–H groups in total. The molecular formula is C21H34N2O3S. The lowest BCUT2D eigenvalue weighted by Gasteiger charge is -2.35. The SMILES string of the molecule is CC(C)CC(N)COC(Cc1ccc(O)cc1)C(=O)NC1(S)CCCCC1. The van der Waals surface area contributed by atoms with Crippen molar-refractivity contribution in [1.29, 1.82) is 0 Å². The fourth-order valence-electron chi connectivity index (χ4n) is 3.56.